The van der Waals surface area contributed by atoms with Gasteiger partial charge in [0.25, 0.3) is 16.0 Å². The van der Waals surface area contributed by atoms with Crippen molar-refractivity contribution in [1.29, 1.82) is 0 Å². The Morgan fingerprint density at radius 1 is 1.04 bits per heavy atom. The van der Waals surface area contributed by atoms with Crippen molar-refractivity contribution in [3.8, 4) is 5.75 Å². The highest BCUT2D eigenvalue weighted by atomic mass is 32.2. The van der Waals surface area contributed by atoms with Crippen molar-refractivity contribution in [2.75, 3.05) is 0 Å². The monoisotopic (exact) mass is 386 g/mol. The zero-order valence-electron chi connectivity index (χ0n) is 13.7. The molecule has 0 aliphatic carbocycles. The van der Waals surface area contributed by atoms with Gasteiger partial charge in [-0.2, -0.15) is 16.8 Å². The van der Waals surface area contributed by atoms with Crippen molar-refractivity contribution in [1.82, 2.24) is 0 Å². The zero-order chi connectivity index (χ0) is 19.0. The summed E-state index contributed by atoms with van der Waals surface area (Å²) in [7, 11) is -10.2. The highest BCUT2D eigenvalue weighted by molar-refractivity contribution is 7.89. The molecule has 0 radical (unpaired) electrons. The van der Waals surface area contributed by atoms with Crippen LogP contribution in [0.4, 0.5) is 8.78 Å². The highest BCUT2D eigenvalue weighted by Crippen LogP contribution is 2.48. The fourth-order valence-electron chi connectivity index (χ4n) is 2.05. The minimum Gasteiger partial charge on any atom is -0.382 e. The van der Waals surface area contributed by atoms with E-state index in [9.17, 15) is 25.6 Å². The number of benzene rings is 1. The molecule has 1 N–H and O–H groups in total. The molecule has 0 aliphatic heterocycles. The molecule has 1 atom stereocenters. The van der Waals surface area contributed by atoms with Crippen LogP contribution in [0.15, 0.2) is 30.3 Å². The Hall–Kier alpha value is -1.26. The molecular formula is C14H20F2O6S2. The molecule has 1 aromatic rings. The van der Waals surface area contributed by atoms with Gasteiger partial charge in [-0.15, -0.1) is 0 Å². The summed E-state index contributed by atoms with van der Waals surface area (Å²) in [6, 6.07) is 7.01. The molecule has 1 rings (SSSR count). The van der Waals surface area contributed by atoms with Crippen LogP contribution in [0.1, 0.15) is 34.1 Å². The molecular weight excluding hydrogens is 366 g/mol. The van der Waals surface area contributed by atoms with E-state index in [0.717, 1.165) is 0 Å². The van der Waals surface area contributed by atoms with Gasteiger partial charge in [0.15, 0.2) is 9.49 Å². The average molecular weight is 386 g/mol. The van der Waals surface area contributed by atoms with Gasteiger partial charge < -0.3 is 4.18 Å². The molecule has 0 bridgehead atoms. The zero-order valence-corrected chi connectivity index (χ0v) is 15.3. The first-order valence-electron chi connectivity index (χ1n) is 6.98. The Kier molecular flexibility index (Phi) is 5.40. The van der Waals surface area contributed by atoms with Crippen molar-refractivity contribution in [2.45, 2.75) is 49.5 Å². The van der Waals surface area contributed by atoms with Crippen LogP contribution in [-0.2, 0) is 20.2 Å². The van der Waals surface area contributed by atoms with Crippen molar-refractivity contribution in [2.24, 2.45) is 0 Å². The van der Waals surface area contributed by atoms with E-state index in [4.69, 9.17) is 8.74 Å². The van der Waals surface area contributed by atoms with Gasteiger partial charge in [0, 0.05) is 0 Å². The maximum Gasteiger partial charge on any atom is 0.320 e. The smallest absolute Gasteiger partial charge is 0.320 e. The van der Waals surface area contributed by atoms with Gasteiger partial charge in [0.05, 0.1) is 0 Å². The third-order valence-electron chi connectivity index (χ3n) is 4.24. The van der Waals surface area contributed by atoms with E-state index in [2.05, 4.69) is 0 Å². The fourth-order valence-corrected chi connectivity index (χ4v) is 4.13. The first-order chi connectivity index (χ1) is 10.6. The molecule has 1 aromatic carbocycles. The van der Waals surface area contributed by atoms with Crippen LogP contribution < -0.4 is 4.18 Å². The predicted octanol–water partition coefficient (Wildman–Crippen LogP) is 2.87. The van der Waals surface area contributed by atoms with Gasteiger partial charge in [-0.05, 0) is 39.3 Å². The number of hydrogen-bond donors (Lipinski definition) is 1. The molecule has 0 saturated heterocycles. The van der Waals surface area contributed by atoms with E-state index in [0.29, 0.717) is 20.8 Å². The van der Waals surface area contributed by atoms with E-state index in [1.54, 1.807) is 6.07 Å². The quantitative estimate of drug-likeness (QED) is 0.572. The summed E-state index contributed by atoms with van der Waals surface area (Å²) in [5, 5.41) is 0. The van der Waals surface area contributed by atoms with Crippen molar-refractivity contribution >= 4 is 20.2 Å². The number of alkyl halides is 2. The molecule has 0 fully saturated rings. The fraction of sp³-hybridized carbons (Fsp3) is 0.571. The van der Waals surface area contributed by atoms with E-state index in [1.165, 1.54) is 31.2 Å². The lowest BCUT2D eigenvalue weighted by atomic mass is 9.90. The minimum absolute atomic E-state index is 0.183. The second-order valence-electron chi connectivity index (χ2n) is 5.99. The first-order valence-corrected chi connectivity index (χ1v) is 9.83. The van der Waals surface area contributed by atoms with Crippen LogP contribution in [0.25, 0.3) is 0 Å². The molecule has 0 aliphatic rings. The SMILES string of the molecule is CCC(C)(C(F)(F)C(C)(C)S(=O)(=O)O)S(=O)(=O)Oc1ccccc1. The van der Waals surface area contributed by atoms with E-state index in [-0.39, 0.29) is 5.75 Å². The van der Waals surface area contributed by atoms with Crippen LogP contribution >= 0.6 is 0 Å². The number of rotatable bonds is 7. The Balaban J connectivity index is 3.49. The Labute approximate surface area is 140 Å². The van der Waals surface area contributed by atoms with Gasteiger partial charge in [0.2, 0.25) is 0 Å². The van der Waals surface area contributed by atoms with Gasteiger partial charge in [0.1, 0.15) is 5.75 Å². The van der Waals surface area contributed by atoms with E-state index >= 15 is 0 Å². The summed E-state index contributed by atoms with van der Waals surface area (Å²) in [5.74, 6) is -4.53. The number of halogens is 2. The molecule has 6 nitrogen and oxygen atoms in total. The standard InChI is InChI=1S/C14H20F2O6S2/c1-5-13(4,14(15,16)12(2,3)23(17,18)19)24(20,21)22-11-9-7-6-8-10-11/h6-10H,5H2,1-4H3,(H,17,18,19). The highest BCUT2D eigenvalue weighted by Gasteiger charge is 2.70. The summed E-state index contributed by atoms with van der Waals surface area (Å²) in [5.41, 5.74) is 0. The van der Waals surface area contributed by atoms with Crippen molar-refractivity contribution in [3.05, 3.63) is 30.3 Å². The molecule has 0 heterocycles. The summed E-state index contributed by atoms with van der Waals surface area (Å²) < 4.78 is 85.6. The molecule has 0 aromatic heterocycles. The van der Waals surface area contributed by atoms with Gasteiger partial charge in [-0.3, -0.25) is 4.55 Å². The Morgan fingerprint density at radius 2 is 1.50 bits per heavy atom. The molecule has 24 heavy (non-hydrogen) atoms. The third kappa shape index (κ3) is 3.14. The molecule has 10 heteroatoms. The maximum absolute atomic E-state index is 14.9. The second kappa shape index (κ2) is 6.23. The van der Waals surface area contributed by atoms with Crippen LogP contribution in [0, 0.1) is 0 Å². The van der Waals surface area contributed by atoms with Crippen LogP contribution in [0.5, 0.6) is 5.75 Å². The topological polar surface area (TPSA) is 97.7 Å². The number of hydrogen-bond acceptors (Lipinski definition) is 5. The lowest BCUT2D eigenvalue weighted by Gasteiger charge is -2.42. The molecule has 1 unspecified atom stereocenters. The Bertz CT molecular complexity index is 788. The molecule has 0 amide bonds. The largest absolute Gasteiger partial charge is 0.382 e. The Morgan fingerprint density at radius 3 is 1.88 bits per heavy atom. The summed E-state index contributed by atoms with van der Waals surface area (Å²) in [4.78, 5) is 0. The summed E-state index contributed by atoms with van der Waals surface area (Å²) in [6.07, 6.45) is -0.645. The maximum atomic E-state index is 14.9. The van der Waals surface area contributed by atoms with Gasteiger partial charge in [-0.25, -0.2) is 8.78 Å². The summed E-state index contributed by atoms with van der Waals surface area (Å²) in [6.45, 7) is 2.99. The van der Waals surface area contributed by atoms with Gasteiger partial charge >= 0.3 is 10.1 Å². The van der Waals surface area contributed by atoms with Crippen molar-refractivity contribution in [3.63, 3.8) is 0 Å². The van der Waals surface area contributed by atoms with E-state index < -0.39 is 42.1 Å². The molecule has 0 saturated carbocycles. The van der Waals surface area contributed by atoms with Gasteiger partial charge in [-0.1, -0.05) is 25.1 Å². The second-order valence-corrected chi connectivity index (χ2v) is 9.94. The number of para-hydroxylation sites is 1. The normalized spacial score (nSPS) is 16.5. The van der Waals surface area contributed by atoms with Crippen LogP contribution in [0.3, 0.4) is 0 Å². The predicted molar refractivity (Wildman–Crippen MR) is 85.3 cm³/mol. The average Bonchev–Trinajstić information content (AvgIpc) is 2.45. The first kappa shape index (κ1) is 20.8. The minimum atomic E-state index is -5.26. The lowest BCUT2D eigenvalue weighted by Crippen LogP contribution is -2.64. The summed E-state index contributed by atoms with van der Waals surface area (Å²) >= 11 is 0. The molecule has 0 spiro atoms. The molecule has 138 valence electrons. The van der Waals surface area contributed by atoms with E-state index in [1.807, 2.05) is 0 Å². The van der Waals surface area contributed by atoms with Crippen LogP contribution in [-0.4, -0.2) is 36.8 Å². The third-order valence-corrected chi connectivity index (χ3v) is 7.85. The van der Waals surface area contributed by atoms with Crippen molar-refractivity contribution < 1.29 is 34.4 Å². The van der Waals surface area contributed by atoms with Crippen LogP contribution in [0.2, 0.25) is 0 Å². The lowest BCUT2D eigenvalue weighted by molar-refractivity contribution is -0.0716.